The number of methoxy groups -OCH3 is 1. The number of hydrogen-bond donors (Lipinski definition) is 0. The summed E-state index contributed by atoms with van der Waals surface area (Å²) < 4.78 is 9.92. The van der Waals surface area contributed by atoms with Crippen molar-refractivity contribution >= 4 is 12.1 Å². The lowest BCUT2D eigenvalue weighted by Crippen LogP contribution is -2.58. The summed E-state index contributed by atoms with van der Waals surface area (Å²) in [5.74, 6) is 0. The predicted octanol–water partition coefficient (Wildman–Crippen LogP) is 0.518. The lowest BCUT2D eigenvalue weighted by atomic mass is 10.2. The molecule has 2 aliphatic rings. The summed E-state index contributed by atoms with van der Waals surface area (Å²) >= 11 is 0. The van der Waals surface area contributed by atoms with Gasteiger partial charge in [0, 0.05) is 26.2 Å². The minimum Gasteiger partial charge on any atom is -0.452 e. The summed E-state index contributed by atoms with van der Waals surface area (Å²) in [6.45, 7) is 3.35. The van der Waals surface area contributed by atoms with Crippen LogP contribution in [0.4, 0.5) is 9.59 Å². The van der Waals surface area contributed by atoms with Crippen LogP contribution in [0.2, 0.25) is 0 Å². The topological polar surface area (TPSA) is 62.3 Å². The van der Waals surface area contributed by atoms with Gasteiger partial charge in [-0.05, 0) is 12.8 Å². The van der Waals surface area contributed by atoms with Crippen LogP contribution in [0.15, 0.2) is 0 Å². The molecule has 2 saturated heterocycles. The minimum atomic E-state index is -0.476. The Bertz CT molecular complexity index is 317. The van der Waals surface area contributed by atoms with Gasteiger partial charge in [-0.1, -0.05) is 0 Å². The molecular formula is C11H19N3O4. The summed E-state index contributed by atoms with van der Waals surface area (Å²) in [7, 11) is 1.33. The van der Waals surface area contributed by atoms with Crippen LogP contribution in [-0.2, 0) is 9.47 Å². The summed E-state index contributed by atoms with van der Waals surface area (Å²) in [6, 6.07) is -0.136. The quantitative estimate of drug-likeness (QED) is 0.634. The van der Waals surface area contributed by atoms with Gasteiger partial charge in [-0.25, -0.2) is 19.6 Å². The van der Waals surface area contributed by atoms with Crippen molar-refractivity contribution in [1.29, 1.82) is 0 Å². The first kappa shape index (κ1) is 12.9. The van der Waals surface area contributed by atoms with Crippen molar-refractivity contribution in [2.45, 2.75) is 12.8 Å². The Balaban J connectivity index is 2.03. The smallest absolute Gasteiger partial charge is 0.428 e. The summed E-state index contributed by atoms with van der Waals surface area (Å²) in [5.41, 5.74) is 0. The average molecular weight is 257 g/mol. The highest BCUT2D eigenvalue weighted by atomic mass is 16.5. The van der Waals surface area contributed by atoms with Gasteiger partial charge in [-0.2, -0.15) is 0 Å². The second-order valence-corrected chi connectivity index (χ2v) is 4.31. The Morgan fingerprint density at radius 1 is 1.00 bits per heavy atom. The molecule has 0 spiro atoms. The van der Waals surface area contributed by atoms with Crippen LogP contribution < -0.4 is 0 Å². The number of carbonyl (C=O) groups is 2. The molecule has 3 amide bonds. The molecule has 0 atom stereocenters. The zero-order valence-corrected chi connectivity index (χ0v) is 10.6. The Kier molecular flexibility index (Phi) is 4.24. The first-order chi connectivity index (χ1) is 8.74. The van der Waals surface area contributed by atoms with Gasteiger partial charge >= 0.3 is 12.1 Å². The highest BCUT2D eigenvalue weighted by Gasteiger charge is 2.32. The lowest BCUT2D eigenvalue weighted by molar-refractivity contribution is -0.0287. The minimum absolute atomic E-state index is 0.136. The SMILES string of the molecule is COC(=O)N1CCCCN1C(=O)N1CCOCC1. The van der Waals surface area contributed by atoms with Gasteiger partial charge in [0.1, 0.15) is 0 Å². The van der Waals surface area contributed by atoms with E-state index in [-0.39, 0.29) is 6.03 Å². The maximum absolute atomic E-state index is 12.3. The number of ether oxygens (including phenoxy) is 2. The molecule has 0 unspecified atom stereocenters. The number of urea groups is 1. The zero-order valence-electron chi connectivity index (χ0n) is 10.6. The van der Waals surface area contributed by atoms with Gasteiger partial charge in [0.05, 0.1) is 20.3 Å². The van der Waals surface area contributed by atoms with Gasteiger partial charge in [0.15, 0.2) is 0 Å². The standard InChI is InChI=1S/C11H19N3O4/c1-17-11(16)14-5-3-2-4-13(14)10(15)12-6-8-18-9-7-12/h2-9H2,1H3. The second-order valence-electron chi connectivity index (χ2n) is 4.31. The van der Waals surface area contributed by atoms with Crippen LogP contribution in [0, 0.1) is 0 Å². The number of amides is 3. The van der Waals surface area contributed by atoms with Crippen LogP contribution in [0.1, 0.15) is 12.8 Å². The first-order valence-corrected chi connectivity index (χ1v) is 6.23. The van der Waals surface area contributed by atoms with E-state index < -0.39 is 6.09 Å². The third kappa shape index (κ3) is 2.66. The van der Waals surface area contributed by atoms with E-state index in [9.17, 15) is 9.59 Å². The zero-order chi connectivity index (χ0) is 13.0. The largest absolute Gasteiger partial charge is 0.452 e. The van der Waals surface area contributed by atoms with E-state index in [1.165, 1.54) is 17.1 Å². The summed E-state index contributed by atoms with van der Waals surface area (Å²) in [5, 5.41) is 2.88. The van der Waals surface area contributed by atoms with Crippen LogP contribution in [0.5, 0.6) is 0 Å². The maximum atomic E-state index is 12.3. The van der Waals surface area contributed by atoms with Crippen molar-refractivity contribution in [2.24, 2.45) is 0 Å². The molecule has 0 aromatic carbocycles. The number of nitrogens with zero attached hydrogens (tertiary/aromatic N) is 3. The van der Waals surface area contributed by atoms with Crippen LogP contribution in [-0.4, -0.2) is 73.5 Å². The Morgan fingerprint density at radius 2 is 1.61 bits per heavy atom. The average Bonchev–Trinajstić information content (AvgIpc) is 2.46. The van der Waals surface area contributed by atoms with E-state index >= 15 is 0 Å². The van der Waals surface area contributed by atoms with Crippen molar-refractivity contribution in [3.63, 3.8) is 0 Å². The third-order valence-electron chi connectivity index (χ3n) is 3.17. The van der Waals surface area contributed by atoms with Gasteiger partial charge in [-0.15, -0.1) is 0 Å². The monoisotopic (exact) mass is 257 g/mol. The first-order valence-electron chi connectivity index (χ1n) is 6.23. The maximum Gasteiger partial charge on any atom is 0.428 e. The molecule has 2 rings (SSSR count). The van der Waals surface area contributed by atoms with Crippen molar-refractivity contribution in [3.05, 3.63) is 0 Å². The van der Waals surface area contributed by atoms with E-state index in [0.717, 1.165) is 12.8 Å². The molecule has 18 heavy (non-hydrogen) atoms. The van der Waals surface area contributed by atoms with Crippen molar-refractivity contribution in [3.8, 4) is 0 Å². The predicted molar refractivity (Wildman–Crippen MR) is 62.8 cm³/mol. The van der Waals surface area contributed by atoms with Crippen LogP contribution in [0.25, 0.3) is 0 Å². The molecule has 0 bridgehead atoms. The lowest BCUT2D eigenvalue weighted by Gasteiger charge is -2.40. The molecule has 102 valence electrons. The molecule has 0 aromatic rings. The fourth-order valence-electron chi connectivity index (χ4n) is 2.18. The van der Waals surface area contributed by atoms with Crippen LogP contribution >= 0.6 is 0 Å². The Morgan fingerprint density at radius 3 is 2.22 bits per heavy atom. The number of hydrazine groups is 1. The molecule has 0 radical (unpaired) electrons. The van der Waals surface area contributed by atoms with Gasteiger partial charge in [0.2, 0.25) is 0 Å². The molecule has 0 aromatic heterocycles. The van der Waals surface area contributed by atoms with Gasteiger partial charge in [-0.3, -0.25) is 0 Å². The third-order valence-corrected chi connectivity index (χ3v) is 3.17. The molecule has 0 aliphatic carbocycles. The van der Waals surface area contributed by atoms with E-state index in [1.807, 2.05) is 0 Å². The van der Waals surface area contributed by atoms with E-state index in [0.29, 0.717) is 39.4 Å². The van der Waals surface area contributed by atoms with E-state index in [2.05, 4.69) is 0 Å². The summed E-state index contributed by atoms with van der Waals surface area (Å²) in [4.78, 5) is 25.7. The molecule has 7 nitrogen and oxygen atoms in total. The molecule has 2 fully saturated rings. The van der Waals surface area contributed by atoms with Crippen LogP contribution in [0.3, 0.4) is 0 Å². The Labute approximate surface area is 106 Å². The number of carbonyl (C=O) groups excluding carboxylic acids is 2. The molecule has 7 heteroatoms. The van der Waals surface area contributed by atoms with E-state index in [4.69, 9.17) is 9.47 Å². The number of rotatable bonds is 0. The van der Waals surface area contributed by atoms with Crippen molar-refractivity contribution < 1.29 is 19.1 Å². The number of hydrogen-bond acceptors (Lipinski definition) is 4. The van der Waals surface area contributed by atoms with Crippen molar-refractivity contribution in [1.82, 2.24) is 14.9 Å². The number of morpholine rings is 1. The molecule has 0 N–H and O–H groups in total. The Hall–Kier alpha value is -1.50. The molecule has 2 heterocycles. The highest BCUT2D eigenvalue weighted by molar-refractivity contribution is 5.78. The molecular weight excluding hydrogens is 238 g/mol. The second kappa shape index (κ2) is 5.90. The van der Waals surface area contributed by atoms with E-state index in [1.54, 1.807) is 4.90 Å². The van der Waals surface area contributed by atoms with Gasteiger partial charge in [0.25, 0.3) is 0 Å². The molecule has 2 aliphatic heterocycles. The highest BCUT2D eigenvalue weighted by Crippen LogP contribution is 2.15. The van der Waals surface area contributed by atoms with Crippen molar-refractivity contribution in [2.75, 3.05) is 46.5 Å². The van der Waals surface area contributed by atoms with Gasteiger partial charge < -0.3 is 14.4 Å². The fourth-order valence-corrected chi connectivity index (χ4v) is 2.18. The normalized spacial score (nSPS) is 20.8. The fraction of sp³-hybridized carbons (Fsp3) is 0.818. The summed E-state index contributed by atoms with van der Waals surface area (Å²) in [6.07, 6.45) is 1.32. The molecule has 0 saturated carbocycles.